The molecule has 33 heavy (non-hydrogen) atoms. The van der Waals surface area contributed by atoms with Gasteiger partial charge in [0.1, 0.15) is 30.7 Å². The molecule has 3 rings (SSSR count). The summed E-state index contributed by atoms with van der Waals surface area (Å²) >= 11 is 0. The van der Waals surface area contributed by atoms with Gasteiger partial charge in [-0.15, -0.1) is 0 Å². The van der Waals surface area contributed by atoms with Gasteiger partial charge < -0.3 is 28.8 Å². The summed E-state index contributed by atoms with van der Waals surface area (Å²) in [6.07, 6.45) is -6.33. The lowest BCUT2D eigenvalue weighted by Gasteiger charge is -2.42. The molecule has 0 bridgehead atoms. The van der Waals surface area contributed by atoms with Crippen molar-refractivity contribution in [3.63, 3.8) is 0 Å². The van der Waals surface area contributed by atoms with E-state index in [4.69, 9.17) is 23.7 Å². The summed E-state index contributed by atoms with van der Waals surface area (Å²) in [4.78, 5) is 24.8. The number of nitrogens with one attached hydrogen (secondary N) is 1. The maximum atomic E-state index is 13.0. The number of rotatable bonds is 8. The van der Waals surface area contributed by atoms with Gasteiger partial charge in [-0.25, -0.2) is 14.0 Å². The highest BCUT2D eigenvalue weighted by Gasteiger charge is 2.48. The maximum absolute atomic E-state index is 13.0. The number of carbonyl (C=O) groups excluding carboxylic acids is 2. The Balaban J connectivity index is 1.71. The highest BCUT2D eigenvalue weighted by molar-refractivity contribution is 5.89. The fourth-order valence-corrected chi connectivity index (χ4v) is 3.33. The van der Waals surface area contributed by atoms with Crippen molar-refractivity contribution in [3.05, 3.63) is 66.0 Å². The molecule has 1 aliphatic rings. The Morgan fingerprint density at radius 1 is 1.09 bits per heavy atom. The summed E-state index contributed by atoms with van der Waals surface area (Å²) < 4.78 is 40.4. The van der Waals surface area contributed by atoms with Crippen LogP contribution < -0.4 is 5.32 Å². The Labute approximate surface area is 190 Å². The molecule has 0 unspecified atom stereocenters. The molecule has 178 valence electrons. The Hall–Kier alpha value is -3.05. The topological polar surface area (TPSA) is 113 Å². The summed E-state index contributed by atoms with van der Waals surface area (Å²) in [6.45, 7) is 1.65. The highest BCUT2D eigenvalue weighted by Crippen LogP contribution is 2.27. The van der Waals surface area contributed by atoms with Crippen molar-refractivity contribution >= 4 is 17.7 Å². The normalized spacial score (nSPS) is 24.7. The number of methoxy groups -OCH3 is 1. The molecule has 1 aliphatic heterocycles. The summed E-state index contributed by atoms with van der Waals surface area (Å²) in [5.74, 6) is -1.13. The second-order valence-electron chi connectivity index (χ2n) is 7.16. The van der Waals surface area contributed by atoms with Crippen LogP contribution in [0.25, 0.3) is 0 Å². The average Bonchev–Trinajstić information content (AvgIpc) is 2.82. The van der Waals surface area contributed by atoms with Gasteiger partial charge in [-0.2, -0.15) is 0 Å². The van der Waals surface area contributed by atoms with E-state index in [2.05, 4.69) is 5.32 Å². The van der Waals surface area contributed by atoms with E-state index in [-0.39, 0.29) is 18.8 Å². The Bertz CT molecular complexity index is 910. The van der Waals surface area contributed by atoms with Crippen molar-refractivity contribution in [3.8, 4) is 0 Å². The number of hydrogen-bond donors (Lipinski definition) is 2. The van der Waals surface area contributed by atoms with Crippen LogP contribution in [0.2, 0.25) is 0 Å². The molecule has 0 saturated carbocycles. The Morgan fingerprint density at radius 2 is 1.79 bits per heavy atom. The number of benzene rings is 2. The number of hydrogen-bond acceptors (Lipinski definition) is 8. The van der Waals surface area contributed by atoms with Gasteiger partial charge in [-0.1, -0.05) is 18.2 Å². The number of halogens is 1. The minimum absolute atomic E-state index is 0.268. The molecule has 2 aromatic carbocycles. The molecular formula is C23H26FNO8. The summed E-state index contributed by atoms with van der Waals surface area (Å²) in [6, 6.07) is 13.3. The Morgan fingerprint density at radius 3 is 2.42 bits per heavy atom. The molecule has 1 fully saturated rings. The molecule has 2 N–H and O–H groups in total. The first-order valence-electron chi connectivity index (χ1n) is 10.4. The second kappa shape index (κ2) is 11.7. The fourth-order valence-electron chi connectivity index (χ4n) is 3.33. The van der Waals surface area contributed by atoms with Crippen molar-refractivity contribution in [1.29, 1.82) is 0 Å². The molecule has 0 aliphatic carbocycles. The van der Waals surface area contributed by atoms with Gasteiger partial charge in [0.2, 0.25) is 0 Å². The third-order valence-electron chi connectivity index (χ3n) is 4.94. The van der Waals surface area contributed by atoms with Gasteiger partial charge in [0, 0.05) is 19.4 Å². The predicted molar refractivity (Wildman–Crippen MR) is 114 cm³/mol. The molecule has 1 amide bonds. The van der Waals surface area contributed by atoms with E-state index in [1.54, 1.807) is 37.3 Å². The molecule has 2 aromatic rings. The van der Waals surface area contributed by atoms with Crippen molar-refractivity contribution in [1.82, 2.24) is 0 Å². The zero-order valence-electron chi connectivity index (χ0n) is 18.2. The van der Waals surface area contributed by atoms with E-state index in [9.17, 15) is 19.1 Å². The third kappa shape index (κ3) is 6.48. The number of aliphatic hydroxyl groups excluding tert-OH is 1. The van der Waals surface area contributed by atoms with Crippen LogP contribution in [0, 0.1) is 5.82 Å². The molecule has 1 saturated heterocycles. The highest BCUT2D eigenvalue weighted by atomic mass is 19.1. The van der Waals surface area contributed by atoms with Gasteiger partial charge >= 0.3 is 12.1 Å². The van der Waals surface area contributed by atoms with E-state index in [0.717, 1.165) is 0 Å². The SMILES string of the molecule is CCO[C@@H]1O[C@H](COC(=O)Nc2ccc(F)cc2)[C@@H](OC(=O)c2ccccc2)[C@H](O)[C@H]1OC. The number of amides is 1. The predicted octanol–water partition coefficient (Wildman–Crippen LogP) is 2.74. The molecular weight excluding hydrogens is 437 g/mol. The van der Waals surface area contributed by atoms with Crippen molar-refractivity contribution < 1.29 is 42.8 Å². The summed E-state index contributed by atoms with van der Waals surface area (Å²) in [7, 11) is 1.37. The molecule has 0 radical (unpaired) electrons. The van der Waals surface area contributed by atoms with E-state index in [1.807, 2.05) is 0 Å². The largest absolute Gasteiger partial charge is 0.453 e. The molecule has 1 heterocycles. The first kappa shape index (κ1) is 24.6. The number of anilines is 1. The smallest absolute Gasteiger partial charge is 0.411 e. The molecule has 9 nitrogen and oxygen atoms in total. The molecule has 10 heteroatoms. The quantitative estimate of drug-likeness (QED) is 0.575. The van der Waals surface area contributed by atoms with Crippen molar-refractivity contribution in [2.45, 2.75) is 37.6 Å². The van der Waals surface area contributed by atoms with Crippen LogP contribution in [0.3, 0.4) is 0 Å². The first-order valence-corrected chi connectivity index (χ1v) is 10.4. The van der Waals surface area contributed by atoms with Gasteiger partial charge in [0.15, 0.2) is 12.4 Å². The monoisotopic (exact) mass is 463 g/mol. The van der Waals surface area contributed by atoms with Gasteiger partial charge in [0.25, 0.3) is 0 Å². The summed E-state index contributed by atoms with van der Waals surface area (Å²) in [5.41, 5.74) is 0.601. The molecule has 0 aromatic heterocycles. The second-order valence-corrected chi connectivity index (χ2v) is 7.16. The Kier molecular flexibility index (Phi) is 8.72. The van der Waals surface area contributed by atoms with E-state index in [1.165, 1.54) is 31.4 Å². The molecule has 5 atom stereocenters. The van der Waals surface area contributed by atoms with Gasteiger partial charge in [-0.05, 0) is 43.3 Å². The molecule has 0 spiro atoms. The van der Waals surface area contributed by atoms with Crippen LogP contribution in [-0.2, 0) is 23.7 Å². The lowest BCUT2D eigenvalue weighted by atomic mass is 9.98. The third-order valence-corrected chi connectivity index (χ3v) is 4.94. The van der Waals surface area contributed by atoms with Crippen LogP contribution in [0.5, 0.6) is 0 Å². The van der Waals surface area contributed by atoms with Gasteiger partial charge in [-0.3, -0.25) is 5.32 Å². The number of carbonyl (C=O) groups is 2. The number of ether oxygens (including phenoxy) is 5. The number of aliphatic hydroxyl groups is 1. The van der Waals surface area contributed by atoms with Crippen molar-refractivity contribution in [2.24, 2.45) is 0 Å². The number of esters is 1. The minimum atomic E-state index is -1.32. The lowest BCUT2D eigenvalue weighted by molar-refractivity contribution is -0.303. The summed E-state index contributed by atoms with van der Waals surface area (Å²) in [5, 5.41) is 13.3. The maximum Gasteiger partial charge on any atom is 0.411 e. The standard InChI is InChI=1S/C23H26FNO8/c1-3-30-22-20(29-2)18(26)19(33-21(27)14-7-5-4-6-8-14)17(32-22)13-31-23(28)25-16-11-9-15(24)10-12-16/h4-12,17-20,22,26H,3,13H2,1-2H3,(H,25,28)/t17-,18+,19-,20-,22-/m1/s1. The fraction of sp³-hybridized carbons (Fsp3) is 0.391. The van der Waals surface area contributed by atoms with Gasteiger partial charge in [0.05, 0.1) is 5.56 Å². The van der Waals surface area contributed by atoms with Crippen LogP contribution in [-0.4, -0.2) is 68.2 Å². The zero-order chi connectivity index (χ0) is 23.8. The first-order chi connectivity index (χ1) is 15.9. The average molecular weight is 463 g/mol. The van der Waals surface area contributed by atoms with Crippen LogP contribution in [0.15, 0.2) is 54.6 Å². The van der Waals surface area contributed by atoms with Crippen LogP contribution >= 0.6 is 0 Å². The van der Waals surface area contributed by atoms with Crippen LogP contribution in [0.1, 0.15) is 17.3 Å². The van der Waals surface area contributed by atoms with E-state index < -0.39 is 48.6 Å². The van der Waals surface area contributed by atoms with Crippen molar-refractivity contribution in [2.75, 3.05) is 25.6 Å². The van der Waals surface area contributed by atoms with Crippen LogP contribution in [0.4, 0.5) is 14.9 Å². The minimum Gasteiger partial charge on any atom is -0.453 e. The zero-order valence-corrected chi connectivity index (χ0v) is 18.2. The van der Waals surface area contributed by atoms with E-state index >= 15 is 0 Å². The van der Waals surface area contributed by atoms with E-state index in [0.29, 0.717) is 5.69 Å². The lowest BCUT2D eigenvalue weighted by Crippen LogP contribution is -2.61.